The van der Waals surface area contributed by atoms with Crippen LogP contribution in [0.3, 0.4) is 0 Å². The topological polar surface area (TPSA) is 81.8 Å². The maximum atomic E-state index is 15.1. The number of nitrogens with two attached hydrogens (primary N) is 1. The maximum Gasteiger partial charge on any atom is 0.307 e. The molecule has 0 aliphatic heterocycles. The molecule has 0 radical (unpaired) electrons. The third-order valence-electron chi connectivity index (χ3n) is 4.85. The van der Waals surface area contributed by atoms with E-state index < -0.39 is 24.5 Å². The summed E-state index contributed by atoms with van der Waals surface area (Å²) in [6.45, 7) is 1.00. The number of carboxylic acid groups (broad SMARTS) is 1. The van der Waals surface area contributed by atoms with Crippen molar-refractivity contribution in [3.8, 4) is 22.6 Å². The third-order valence-corrected chi connectivity index (χ3v) is 4.85. The van der Waals surface area contributed by atoms with Crippen LogP contribution in [0.25, 0.3) is 11.1 Å². The Morgan fingerprint density at radius 1 is 1.09 bits per heavy atom. The van der Waals surface area contributed by atoms with Crippen molar-refractivity contribution >= 4 is 5.97 Å². The number of hydrogen-bond acceptors (Lipinski definition) is 4. The molecule has 0 spiro atoms. The van der Waals surface area contributed by atoms with Gasteiger partial charge < -0.3 is 20.3 Å². The van der Waals surface area contributed by atoms with E-state index >= 15 is 4.39 Å². The molecule has 0 aliphatic carbocycles. The Bertz CT molecular complexity index is 1090. The Labute approximate surface area is 185 Å². The molecular formula is C25H25F2NO4. The fourth-order valence-electron chi connectivity index (χ4n) is 3.38. The summed E-state index contributed by atoms with van der Waals surface area (Å²) < 4.78 is 39.0. The summed E-state index contributed by atoms with van der Waals surface area (Å²) in [6.07, 6.45) is -0.170. The van der Waals surface area contributed by atoms with E-state index in [2.05, 4.69) is 0 Å². The van der Waals surface area contributed by atoms with Crippen molar-refractivity contribution in [3.05, 3.63) is 83.2 Å². The van der Waals surface area contributed by atoms with Crippen molar-refractivity contribution in [1.82, 2.24) is 0 Å². The van der Waals surface area contributed by atoms with Gasteiger partial charge in [0.05, 0.1) is 6.42 Å². The highest BCUT2D eigenvalue weighted by Gasteiger charge is 2.15. The molecule has 0 saturated carbocycles. The second-order valence-electron chi connectivity index (χ2n) is 7.37. The van der Waals surface area contributed by atoms with Crippen LogP contribution in [0.1, 0.15) is 29.7 Å². The molecule has 0 saturated heterocycles. The number of aliphatic carboxylic acids is 1. The Morgan fingerprint density at radius 2 is 1.88 bits per heavy atom. The van der Waals surface area contributed by atoms with E-state index in [0.29, 0.717) is 39.3 Å². The molecule has 1 atom stereocenters. The van der Waals surface area contributed by atoms with Crippen LogP contribution in [-0.4, -0.2) is 24.4 Å². The molecular weight excluding hydrogens is 416 g/mol. The second-order valence-corrected chi connectivity index (χ2v) is 7.37. The minimum absolute atomic E-state index is 0.0884. The van der Waals surface area contributed by atoms with Crippen LogP contribution in [0, 0.1) is 5.82 Å². The van der Waals surface area contributed by atoms with Gasteiger partial charge in [-0.05, 0) is 42.3 Å². The average Bonchev–Trinajstić information content (AvgIpc) is 2.76. The van der Waals surface area contributed by atoms with Crippen molar-refractivity contribution in [2.75, 3.05) is 13.3 Å². The minimum Gasteiger partial charge on any atom is -0.491 e. The van der Waals surface area contributed by atoms with Gasteiger partial charge in [-0.2, -0.15) is 0 Å². The monoisotopic (exact) mass is 441 g/mol. The Balaban J connectivity index is 1.94. The molecule has 0 amide bonds. The average molecular weight is 441 g/mol. The van der Waals surface area contributed by atoms with Crippen LogP contribution in [0.5, 0.6) is 11.5 Å². The van der Waals surface area contributed by atoms with Crippen LogP contribution in [0.2, 0.25) is 0 Å². The number of para-hydroxylation sites is 1. The van der Waals surface area contributed by atoms with Gasteiger partial charge in [-0.3, -0.25) is 4.79 Å². The van der Waals surface area contributed by atoms with E-state index in [0.717, 1.165) is 0 Å². The summed E-state index contributed by atoms with van der Waals surface area (Å²) in [4.78, 5) is 11.1. The molecule has 0 bridgehead atoms. The summed E-state index contributed by atoms with van der Waals surface area (Å²) in [5, 5.41) is 9.10. The van der Waals surface area contributed by atoms with Crippen molar-refractivity contribution in [2.24, 2.45) is 5.73 Å². The predicted octanol–water partition coefficient (Wildman–Crippen LogP) is 5.07. The second kappa shape index (κ2) is 10.7. The number of rotatable bonds is 10. The standard InChI is InChI=1S/C25H25F2NO4/c1-16(28)21-6-4-7-22(25(21)27)19-11-17(12-20(13-19)31-10-9-26)15-32-23-8-3-2-5-18(23)14-24(29)30/h2-8,11-13,16H,9-10,14-15,28H2,1H3,(H,29,30)/t16-/m1/s1. The van der Waals surface area contributed by atoms with Crippen molar-refractivity contribution in [3.63, 3.8) is 0 Å². The lowest BCUT2D eigenvalue weighted by Crippen LogP contribution is -2.08. The number of carbonyl (C=O) groups is 1. The fraction of sp³-hybridized carbons (Fsp3) is 0.240. The van der Waals surface area contributed by atoms with Gasteiger partial charge in [0.2, 0.25) is 0 Å². The van der Waals surface area contributed by atoms with Crippen LogP contribution in [-0.2, 0) is 17.8 Å². The first-order valence-corrected chi connectivity index (χ1v) is 10.2. The highest BCUT2D eigenvalue weighted by atomic mass is 19.1. The molecule has 3 aromatic carbocycles. The Morgan fingerprint density at radius 3 is 2.59 bits per heavy atom. The lowest BCUT2D eigenvalue weighted by Gasteiger charge is -2.15. The molecule has 0 aromatic heterocycles. The molecule has 32 heavy (non-hydrogen) atoms. The molecule has 0 aliphatic rings. The molecule has 0 unspecified atom stereocenters. The largest absolute Gasteiger partial charge is 0.491 e. The first kappa shape index (κ1) is 23.2. The molecule has 168 valence electrons. The highest BCUT2D eigenvalue weighted by Crippen LogP contribution is 2.32. The molecule has 3 N–H and O–H groups in total. The normalized spacial score (nSPS) is 11.8. The summed E-state index contributed by atoms with van der Waals surface area (Å²) in [7, 11) is 0. The predicted molar refractivity (Wildman–Crippen MR) is 118 cm³/mol. The number of hydrogen-bond donors (Lipinski definition) is 2. The lowest BCUT2D eigenvalue weighted by molar-refractivity contribution is -0.136. The zero-order valence-corrected chi connectivity index (χ0v) is 17.7. The van der Waals surface area contributed by atoms with Crippen molar-refractivity contribution in [2.45, 2.75) is 26.0 Å². The molecule has 5 nitrogen and oxygen atoms in total. The van der Waals surface area contributed by atoms with Gasteiger partial charge in [-0.1, -0.05) is 36.4 Å². The number of carboxylic acids is 1. The molecule has 0 fully saturated rings. The first-order chi connectivity index (χ1) is 15.4. The molecule has 7 heteroatoms. The van der Waals surface area contributed by atoms with E-state index in [1.807, 2.05) is 0 Å². The van der Waals surface area contributed by atoms with Crippen LogP contribution >= 0.6 is 0 Å². The smallest absolute Gasteiger partial charge is 0.307 e. The van der Waals surface area contributed by atoms with Gasteiger partial charge in [0, 0.05) is 22.7 Å². The maximum absolute atomic E-state index is 15.1. The first-order valence-electron chi connectivity index (χ1n) is 10.2. The van der Waals surface area contributed by atoms with Gasteiger partial charge >= 0.3 is 5.97 Å². The van der Waals surface area contributed by atoms with Crippen LogP contribution < -0.4 is 15.2 Å². The zero-order valence-electron chi connectivity index (χ0n) is 17.7. The van der Waals surface area contributed by atoms with E-state index in [1.165, 1.54) is 0 Å². The van der Waals surface area contributed by atoms with Gasteiger partial charge in [0.1, 0.15) is 37.2 Å². The van der Waals surface area contributed by atoms with Gasteiger partial charge in [0.25, 0.3) is 0 Å². The zero-order chi connectivity index (χ0) is 23.1. The summed E-state index contributed by atoms with van der Waals surface area (Å²) in [5.74, 6) is -0.571. The van der Waals surface area contributed by atoms with E-state index in [1.54, 1.807) is 67.6 Å². The van der Waals surface area contributed by atoms with Crippen molar-refractivity contribution in [1.29, 1.82) is 0 Å². The summed E-state index contributed by atoms with van der Waals surface area (Å²) >= 11 is 0. The van der Waals surface area contributed by atoms with Crippen LogP contribution in [0.4, 0.5) is 8.78 Å². The van der Waals surface area contributed by atoms with Gasteiger partial charge in [-0.25, -0.2) is 8.78 Å². The number of ether oxygens (including phenoxy) is 2. The summed E-state index contributed by atoms with van der Waals surface area (Å²) in [5.41, 5.74) is 8.35. The van der Waals surface area contributed by atoms with E-state index in [4.69, 9.17) is 20.3 Å². The Hall–Kier alpha value is -3.45. The SMILES string of the molecule is C[C@@H](N)c1cccc(-c2cc(COc3ccccc3CC(=O)O)cc(OCCF)c2)c1F. The Kier molecular flexibility index (Phi) is 7.78. The quantitative estimate of drug-likeness (QED) is 0.459. The number of alkyl halides is 1. The lowest BCUT2D eigenvalue weighted by atomic mass is 9.97. The van der Waals surface area contributed by atoms with Crippen molar-refractivity contribution < 1.29 is 28.2 Å². The highest BCUT2D eigenvalue weighted by molar-refractivity contribution is 5.71. The van der Waals surface area contributed by atoms with E-state index in [-0.39, 0.29) is 19.6 Å². The fourth-order valence-corrected chi connectivity index (χ4v) is 3.38. The third kappa shape index (κ3) is 5.82. The van der Waals surface area contributed by atoms with E-state index in [9.17, 15) is 9.18 Å². The van der Waals surface area contributed by atoms with Gasteiger partial charge in [0.15, 0.2) is 0 Å². The number of halogens is 2. The number of benzene rings is 3. The molecule has 3 aromatic rings. The summed E-state index contributed by atoms with van der Waals surface area (Å²) in [6, 6.07) is 16.5. The van der Waals surface area contributed by atoms with Gasteiger partial charge in [-0.15, -0.1) is 0 Å². The molecule has 0 heterocycles. The molecule has 3 rings (SSSR count). The minimum atomic E-state index is -0.963. The van der Waals surface area contributed by atoms with Crippen LogP contribution in [0.15, 0.2) is 60.7 Å².